The van der Waals surface area contributed by atoms with Crippen molar-refractivity contribution in [2.75, 3.05) is 14.2 Å². The van der Waals surface area contributed by atoms with Crippen LogP contribution >= 0.6 is 0 Å². The third kappa shape index (κ3) is 4.08. The van der Waals surface area contributed by atoms with Crippen LogP contribution in [-0.4, -0.2) is 38.4 Å². The highest BCUT2D eigenvalue weighted by molar-refractivity contribution is 5.84. The van der Waals surface area contributed by atoms with E-state index in [4.69, 9.17) is 4.74 Å². The molecular formula is C14H17NO5. The van der Waals surface area contributed by atoms with Crippen molar-refractivity contribution in [2.45, 2.75) is 19.4 Å². The molecule has 0 aromatic heterocycles. The van der Waals surface area contributed by atoms with Crippen LogP contribution in [0.25, 0.3) is 0 Å². The zero-order chi connectivity index (χ0) is 15.1. The molecule has 0 radical (unpaired) electrons. The highest BCUT2D eigenvalue weighted by atomic mass is 16.5. The maximum Gasteiger partial charge on any atom is 0.328 e. The van der Waals surface area contributed by atoms with E-state index in [1.807, 2.05) is 0 Å². The minimum atomic E-state index is -0.787. The normalized spacial score (nSPS) is 11.3. The summed E-state index contributed by atoms with van der Waals surface area (Å²) in [6.45, 7) is 1.32. The number of esters is 1. The van der Waals surface area contributed by atoms with Crippen molar-refractivity contribution in [2.24, 2.45) is 0 Å². The first kappa shape index (κ1) is 15.7. The van der Waals surface area contributed by atoms with E-state index in [1.165, 1.54) is 21.1 Å². The topological polar surface area (TPSA) is 81.7 Å². The van der Waals surface area contributed by atoms with Gasteiger partial charge in [0, 0.05) is 13.3 Å². The number of hydrogen-bond acceptors (Lipinski definition) is 5. The quantitative estimate of drug-likeness (QED) is 0.613. The van der Waals surface area contributed by atoms with Crippen LogP contribution < -0.4 is 10.1 Å². The Morgan fingerprint density at radius 2 is 2.05 bits per heavy atom. The van der Waals surface area contributed by atoms with Gasteiger partial charge in [-0.3, -0.25) is 9.59 Å². The Hall–Kier alpha value is -2.37. The molecule has 6 heteroatoms. The molecule has 6 nitrogen and oxygen atoms in total. The van der Waals surface area contributed by atoms with E-state index in [-0.39, 0.29) is 12.3 Å². The van der Waals surface area contributed by atoms with Crippen molar-refractivity contribution in [1.29, 1.82) is 0 Å². The van der Waals surface area contributed by atoms with Crippen molar-refractivity contribution in [3.8, 4) is 5.75 Å². The summed E-state index contributed by atoms with van der Waals surface area (Å²) in [4.78, 5) is 33.6. The van der Waals surface area contributed by atoms with Crippen LogP contribution in [0.3, 0.4) is 0 Å². The van der Waals surface area contributed by atoms with E-state index in [9.17, 15) is 14.4 Å². The molecule has 0 spiro atoms. The summed E-state index contributed by atoms with van der Waals surface area (Å²) in [5.74, 6) is -0.411. The van der Waals surface area contributed by atoms with Crippen LogP contribution in [0.15, 0.2) is 18.2 Å². The van der Waals surface area contributed by atoms with Crippen LogP contribution in [0, 0.1) is 0 Å². The monoisotopic (exact) mass is 279 g/mol. The number of methoxy groups -OCH3 is 2. The fourth-order valence-electron chi connectivity index (χ4n) is 1.82. The Balaban J connectivity index is 2.95. The zero-order valence-electron chi connectivity index (χ0n) is 11.6. The molecule has 0 bridgehead atoms. The van der Waals surface area contributed by atoms with E-state index in [0.29, 0.717) is 17.6 Å². The van der Waals surface area contributed by atoms with Gasteiger partial charge in [0.2, 0.25) is 5.91 Å². The van der Waals surface area contributed by atoms with Crippen molar-refractivity contribution in [3.63, 3.8) is 0 Å². The van der Waals surface area contributed by atoms with Crippen LogP contribution in [0.2, 0.25) is 0 Å². The van der Waals surface area contributed by atoms with Gasteiger partial charge in [0.05, 0.1) is 19.8 Å². The van der Waals surface area contributed by atoms with Crippen molar-refractivity contribution < 1.29 is 23.9 Å². The van der Waals surface area contributed by atoms with Gasteiger partial charge in [-0.25, -0.2) is 4.79 Å². The number of rotatable bonds is 6. The largest absolute Gasteiger partial charge is 0.496 e. The molecule has 0 saturated carbocycles. The van der Waals surface area contributed by atoms with Crippen LogP contribution in [-0.2, 0) is 20.7 Å². The number of hydrogen-bond donors (Lipinski definition) is 1. The van der Waals surface area contributed by atoms with Crippen molar-refractivity contribution in [3.05, 3.63) is 29.3 Å². The molecule has 1 amide bonds. The fraction of sp³-hybridized carbons (Fsp3) is 0.357. The predicted molar refractivity (Wildman–Crippen MR) is 71.7 cm³/mol. The summed E-state index contributed by atoms with van der Waals surface area (Å²) in [6.07, 6.45) is 0.908. The summed E-state index contributed by atoms with van der Waals surface area (Å²) >= 11 is 0. The van der Waals surface area contributed by atoms with E-state index in [2.05, 4.69) is 10.1 Å². The van der Waals surface area contributed by atoms with Gasteiger partial charge in [0.1, 0.15) is 11.8 Å². The van der Waals surface area contributed by atoms with Gasteiger partial charge in [-0.2, -0.15) is 0 Å². The SMILES string of the molecule is COC(=O)[C@@H](Cc1ccc(OC)c(C=O)c1)NC(C)=O. The summed E-state index contributed by atoms with van der Waals surface area (Å²) < 4.78 is 9.68. The number of amides is 1. The van der Waals surface area contributed by atoms with Gasteiger partial charge >= 0.3 is 5.97 Å². The van der Waals surface area contributed by atoms with Gasteiger partial charge < -0.3 is 14.8 Å². The first-order valence-electron chi connectivity index (χ1n) is 5.98. The summed E-state index contributed by atoms with van der Waals surface area (Å²) in [5, 5.41) is 2.51. The summed E-state index contributed by atoms with van der Waals surface area (Å²) in [5.41, 5.74) is 1.11. The fourth-order valence-corrected chi connectivity index (χ4v) is 1.82. The molecule has 0 aliphatic carbocycles. The standard InChI is InChI=1S/C14H17NO5/c1-9(17)15-12(14(18)20-3)7-10-4-5-13(19-2)11(6-10)8-16/h4-6,8,12H,7H2,1-3H3,(H,15,17)/t12-/m1/s1. The lowest BCUT2D eigenvalue weighted by Gasteiger charge is -2.16. The van der Waals surface area contributed by atoms with Crippen molar-refractivity contribution >= 4 is 18.2 Å². The van der Waals surface area contributed by atoms with Gasteiger partial charge in [0.25, 0.3) is 0 Å². The second-order valence-corrected chi connectivity index (χ2v) is 4.17. The molecule has 0 saturated heterocycles. The number of aldehydes is 1. The smallest absolute Gasteiger partial charge is 0.328 e. The van der Waals surface area contributed by atoms with E-state index in [1.54, 1.807) is 18.2 Å². The second-order valence-electron chi connectivity index (χ2n) is 4.17. The molecule has 0 heterocycles. The number of ether oxygens (including phenoxy) is 2. The summed E-state index contributed by atoms with van der Waals surface area (Å²) in [6, 6.07) is 4.19. The number of carbonyl (C=O) groups is 3. The highest BCUT2D eigenvalue weighted by Gasteiger charge is 2.21. The average molecular weight is 279 g/mol. The molecule has 0 unspecified atom stereocenters. The molecule has 1 rings (SSSR count). The third-order valence-corrected chi connectivity index (χ3v) is 2.72. The number of nitrogens with one attached hydrogen (secondary N) is 1. The molecule has 20 heavy (non-hydrogen) atoms. The average Bonchev–Trinajstić information content (AvgIpc) is 2.45. The van der Waals surface area contributed by atoms with Crippen LogP contribution in [0.1, 0.15) is 22.8 Å². The molecule has 0 aliphatic heterocycles. The molecule has 0 aliphatic rings. The maximum absolute atomic E-state index is 11.6. The molecule has 1 aromatic rings. The lowest BCUT2D eigenvalue weighted by atomic mass is 10.0. The van der Waals surface area contributed by atoms with E-state index < -0.39 is 12.0 Å². The molecule has 108 valence electrons. The van der Waals surface area contributed by atoms with Gasteiger partial charge in [-0.1, -0.05) is 6.07 Å². The van der Waals surface area contributed by atoms with Crippen LogP contribution in [0.5, 0.6) is 5.75 Å². The number of carbonyl (C=O) groups excluding carboxylic acids is 3. The van der Waals surface area contributed by atoms with Gasteiger partial charge in [-0.15, -0.1) is 0 Å². The van der Waals surface area contributed by atoms with E-state index in [0.717, 1.165) is 5.56 Å². The minimum Gasteiger partial charge on any atom is -0.496 e. The molecule has 0 fully saturated rings. The Morgan fingerprint density at radius 1 is 1.35 bits per heavy atom. The molecular weight excluding hydrogens is 262 g/mol. The molecule has 1 atom stereocenters. The predicted octanol–water partition coefficient (Wildman–Crippen LogP) is 0.728. The number of benzene rings is 1. The first-order chi connectivity index (χ1) is 9.51. The third-order valence-electron chi connectivity index (χ3n) is 2.72. The van der Waals surface area contributed by atoms with Crippen molar-refractivity contribution in [1.82, 2.24) is 5.32 Å². The lowest BCUT2D eigenvalue weighted by Crippen LogP contribution is -2.42. The minimum absolute atomic E-state index is 0.233. The Bertz CT molecular complexity index is 512. The van der Waals surface area contributed by atoms with E-state index >= 15 is 0 Å². The Kier molecular flexibility index (Phi) is 5.71. The second kappa shape index (κ2) is 7.28. The van der Waals surface area contributed by atoms with Gasteiger partial charge in [0.15, 0.2) is 6.29 Å². The maximum atomic E-state index is 11.6. The molecule has 1 N–H and O–H groups in total. The Labute approximate surface area is 117 Å². The summed E-state index contributed by atoms with van der Waals surface area (Å²) in [7, 11) is 2.72. The zero-order valence-corrected chi connectivity index (χ0v) is 11.6. The van der Waals surface area contributed by atoms with Gasteiger partial charge in [-0.05, 0) is 17.7 Å². The lowest BCUT2D eigenvalue weighted by molar-refractivity contribution is -0.144. The Morgan fingerprint density at radius 3 is 2.55 bits per heavy atom. The highest BCUT2D eigenvalue weighted by Crippen LogP contribution is 2.19. The molecule has 1 aromatic carbocycles. The van der Waals surface area contributed by atoms with Crippen LogP contribution in [0.4, 0.5) is 0 Å². The first-order valence-corrected chi connectivity index (χ1v) is 5.98.